The minimum absolute atomic E-state index is 0.0286. The minimum Gasteiger partial charge on any atom is -0.495 e. The number of hydrogen-bond acceptors (Lipinski definition) is 5. The Labute approximate surface area is 125 Å². The first-order valence-corrected chi connectivity index (χ1v) is 8.38. The molecule has 0 radical (unpaired) electrons. The summed E-state index contributed by atoms with van der Waals surface area (Å²) in [7, 11) is -0.591. The lowest BCUT2D eigenvalue weighted by Gasteiger charge is -2.21. The van der Waals surface area contributed by atoms with Gasteiger partial charge in [0.25, 0.3) is 0 Å². The first-order chi connectivity index (χ1) is 9.98. The van der Waals surface area contributed by atoms with Crippen molar-refractivity contribution in [3.63, 3.8) is 0 Å². The molecule has 1 atom stereocenters. The van der Waals surface area contributed by atoms with Gasteiger partial charge in [-0.2, -0.15) is 4.31 Å². The van der Waals surface area contributed by atoms with E-state index >= 15 is 0 Å². The van der Waals surface area contributed by atoms with E-state index in [1.165, 1.54) is 11.4 Å². The number of likely N-dealkylation sites (N-methyl/N-ethyl adjacent to an activating group) is 1. The van der Waals surface area contributed by atoms with E-state index in [4.69, 9.17) is 15.2 Å². The van der Waals surface area contributed by atoms with Gasteiger partial charge >= 0.3 is 0 Å². The molecule has 1 heterocycles. The highest BCUT2D eigenvalue weighted by Crippen LogP contribution is 2.28. The maximum absolute atomic E-state index is 12.7. The molecule has 0 aliphatic carbocycles. The van der Waals surface area contributed by atoms with Crippen molar-refractivity contribution < 1.29 is 17.9 Å². The van der Waals surface area contributed by atoms with E-state index in [1.54, 1.807) is 25.2 Å². The molecule has 0 amide bonds. The number of sulfonamides is 1. The molecule has 1 aromatic carbocycles. The largest absolute Gasteiger partial charge is 0.495 e. The van der Waals surface area contributed by atoms with Gasteiger partial charge in [-0.3, -0.25) is 0 Å². The molecule has 1 aromatic rings. The highest BCUT2D eigenvalue weighted by atomic mass is 32.2. The van der Waals surface area contributed by atoms with Crippen molar-refractivity contribution in [1.29, 1.82) is 0 Å². The molecule has 0 aromatic heterocycles. The summed E-state index contributed by atoms with van der Waals surface area (Å²) in [4.78, 5) is 0.155. The lowest BCUT2D eigenvalue weighted by atomic mass is 10.2. The van der Waals surface area contributed by atoms with Crippen LogP contribution in [0.2, 0.25) is 0 Å². The molecular weight excluding hydrogens is 292 g/mol. The molecule has 7 heteroatoms. The fraction of sp³-hybridized carbons (Fsp3) is 0.571. The summed E-state index contributed by atoms with van der Waals surface area (Å²) in [5, 5.41) is 0. The molecule has 0 spiro atoms. The molecule has 118 valence electrons. The van der Waals surface area contributed by atoms with Crippen LogP contribution >= 0.6 is 0 Å². The Balaban J connectivity index is 2.25. The van der Waals surface area contributed by atoms with Crippen LogP contribution in [0.5, 0.6) is 5.75 Å². The van der Waals surface area contributed by atoms with Gasteiger partial charge < -0.3 is 15.2 Å². The first-order valence-electron chi connectivity index (χ1n) is 6.94. The van der Waals surface area contributed by atoms with Crippen molar-refractivity contribution in [2.75, 3.05) is 27.3 Å². The van der Waals surface area contributed by atoms with Crippen LogP contribution in [0.4, 0.5) is 0 Å². The number of hydrogen-bond donors (Lipinski definition) is 1. The topological polar surface area (TPSA) is 81.9 Å². The van der Waals surface area contributed by atoms with Crippen molar-refractivity contribution in [3.8, 4) is 5.75 Å². The quantitative estimate of drug-likeness (QED) is 0.845. The van der Waals surface area contributed by atoms with Crippen molar-refractivity contribution in [3.05, 3.63) is 23.8 Å². The van der Waals surface area contributed by atoms with Gasteiger partial charge in [0.15, 0.2) is 0 Å². The monoisotopic (exact) mass is 314 g/mol. The molecule has 1 saturated heterocycles. The predicted octanol–water partition coefficient (Wildman–Crippen LogP) is 0.953. The van der Waals surface area contributed by atoms with Crippen LogP contribution in [0.3, 0.4) is 0 Å². The molecule has 0 bridgehead atoms. The number of ether oxygens (including phenoxy) is 2. The summed E-state index contributed by atoms with van der Waals surface area (Å²) in [5.41, 5.74) is 6.40. The highest BCUT2D eigenvalue weighted by Gasteiger charge is 2.28. The number of nitrogens with two attached hydrogens (primary N) is 1. The van der Waals surface area contributed by atoms with Gasteiger partial charge in [0.1, 0.15) is 10.6 Å². The van der Waals surface area contributed by atoms with Crippen LogP contribution in [0.15, 0.2) is 23.1 Å². The summed E-state index contributed by atoms with van der Waals surface area (Å²) in [6.45, 7) is 1.39. The smallest absolute Gasteiger partial charge is 0.246 e. The summed E-state index contributed by atoms with van der Waals surface area (Å²) in [6.07, 6.45) is 1.84. The third-order valence-corrected chi connectivity index (χ3v) is 5.50. The van der Waals surface area contributed by atoms with Crippen LogP contribution in [0.25, 0.3) is 0 Å². The Morgan fingerprint density at radius 3 is 2.81 bits per heavy atom. The van der Waals surface area contributed by atoms with E-state index in [1.807, 2.05) is 0 Å². The summed E-state index contributed by atoms with van der Waals surface area (Å²) in [6, 6.07) is 4.91. The Kier molecular flexibility index (Phi) is 5.21. The van der Waals surface area contributed by atoms with Crippen LogP contribution < -0.4 is 10.5 Å². The summed E-state index contributed by atoms with van der Waals surface area (Å²) >= 11 is 0. The van der Waals surface area contributed by atoms with E-state index in [2.05, 4.69) is 0 Å². The van der Waals surface area contributed by atoms with E-state index in [0.29, 0.717) is 25.4 Å². The van der Waals surface area contributed by atoms with Crippen molar-refractivity contribution in [2.45, 2.75) is 30.4 Å². The van der Waals surface area contributed by atoms with Gasteiger partial charge in [-0.25, -0.2) is 8.42 Å². The normalized spacial score (nSPS) is 19.1. The molecule has 1 unspecified atom stereocenters. The Bertz CT molecular complexity index is 583. The van der Waals surface area contributed by atoms with Gasteiger partial charge in [0.2, 0.25) is 10.0 Å². The third-order valence-electron chi connectivity index (χ3n) is 3.64. The van der Waals surface area contributed by atoms with E-state index in [9.17, 15) is 8.42 Å². The summed E-state index contributed by atoms with van der Waals surface area (Å²) < 4.78 is 37.3. The maximum Gasteiger partial charge on any atom is 0.246 e. The second-order valence-electron chi connectivity index (χ2n) is 5.11. The zero-order valence-electron chi connectivity index (χ0n) is 12.4. The maximum atomic E-state index is 12.7. The Hall–Kier alpha value is -1.15. The van der Waals surface area contributed by atoms with E-state index < -0.39 is 10.0 Å². The second-order valence-corrected chi connectivity index (χ2v) is 7.12. The van der Waals surface area contributed by atoms with Crippen molar-refractivity contribution in [2.24, 2.45) is 5.73 Å². The molecule has 1 aliphatic rings. The SMILES string of the molecule is COc1cc(CN)ccc1S(=O)(=O)N(C)CC1CCCO1. The minimum atomic E-state index is -3.61. The molecule has 6 nitrogen and oxygen atoms in total. The number of benzene rings is 1. The number of nitrogens with zero attached hydrogens (tertiary/aromatic N) is 1. The van der Waals surface area contributed by atoms with Gasteiger partial charge in [0.05, 0.1) is 13.2 Å². The fourth-order valence-electron chi connectivity index (χ4n) is 2.39. The van der Waals surface area contributed by atoms with Gasteiger partial charge in [-0.05, 0) is 30.5 Å². The predicted molar refractivity (Wildman–Crippen MR) is 79.7 cm³/mol. The molecule has 21 heavy (non-hydrogen) atoms. The molecular formula is C14H22N2O4S. The number of rotatable bonds is 6. The average Bonchev–Trinajstić information content (AvgIpc) is 2.99. The van der Waals surface area contributed by atoms with Crippen LogP contribution in [-0.2, 0) is 21.3 Å². The van der Waals surface area contributed by atoms with E-state index in [-0.39, 0.29) is 11.0 Å². The van der Waals surface area contributed by atoms with Crippen LogP contribution in [0.1, 0.15) is 18.4 Å². The molecule has 0 saturated carbocycles. The fourth-order valence-corrected chi connectivity index (χ4v) is 3.73. The second kappa shape index (κ2) is 6.74. The molecule has 1 aliphatic heterocycles. The summed E-state index contributed by atoms with van der Waals surface area (Å²) in [5.74, 6) is 0.317. The Morgan fingerprint density at radius 2 is 2.24 bits per heavy atom. The number of methoxy groups -OCH3 is 1. The van der Waals surface area contributed by atoms with Crippen molar-refractivity contribution >= 4 is 10.0 Å². The lowest BCUT2D eigenvalue weighted by Crippen LogP contribution is -2.34. The zero-order valence-corrected chi connectivity index (χ0v) is 13.2. The standard InChI is InChI=1S/C14H22N2O4S/c1-16(10-12-4-3-7-20-12)21(17,18)14-6-5-11(9-15)8-13(14)19-2/h5-6,8,12H,3-4,7,9-10,15H2,1-2H3. The molecule has 2 N–H and O–H groups in total. The molecule has 1 fully saturated rings. The lowest BCUT2D eigenvalue weighted by molar-refractivity contribution is 0.0978. The highest BCUT2D eigenvalue weighted by molar-refractivity contribution is 7.89. The third kappa shape index (κ3) is 3.55. The Morgan fingerprint density at radius 1 is 1.48 bits per heavy atom. The average molecular weight is 314 g/mol. The van der Waals surface area contributed by atoms with Crippen LogP contribution in [0, 0.1) is 0 Å². The van der Waals surface area contributed by atoms with Gasteiger partial charge in [-0.1, -0.05) is 6.07 Å². The van der Waals surface area contributed by atoms with Gasteiger partial charge in [0, 0.05) is 26.7 Å². The van der Waals surface area contributed by atoms with Crippen LogP contribution in [-0.4, -0.2) is 46.1 Å². The van der Waals surface area contributed by atoms with Gasteiger partial charge in [-0.15, -0.1) is 0 Å². The van der Waals surface area contributed by atoms with E-state index in [0.717, 1.165) is 18.4 Å². The van der Waals surface area contributed by atoms with Crippen molar-refractivity contribution in [1.82, 2.24) is 4.31 Å². The zero-order chi connectivity index (χ0) is 15.5. The first kappa shape index (κ1) is 16.2. The molecule has 2 rings (SSSR count).